The Hall–Kier alpha value is -1.53. The second-order valence-electron chi connectivity index (χ2n) is 8.35. The van der Waals surface area contributed by atoms with Crippen LogP contribution in [-0.2, 0) is 11.2 Å². The molecule has 0 atom stereocenters. The third kappa shape index (κ3) is 6.82. The van der Waals surface area contributed by atoms with Gasteiger partial charge in [-0.2, -0.15) is 0 Å². The van der Waals surface area contributed by atoms with Crippen molar-refractivity contribution in [3.05, 3.63) is 24.2 Å². The average Bonchev–Trinajstić information content (AvgIpc) is 3.23. The first-order valence-corrected chi connectivity index (χ1v) is 11.0. The number of rotatable bonds is 8. The van der Waals surface area contributed by atoms with Crippen LogP contribution in [0.3, 0.4) is 0 Å². The molecule has 1 aliphatic heterocycles. The summed E-state index contributed by atoms with van der Waals surface area (Å²) in [6.45, 7) is 7.11. The quantitative estimate of drug-likeness (QED) is 0.406. The number of guanidine groups is 1. The summed E-state index contributed by atoms with van der Waals surface area (Å²) in [5.41, 5.74) is 0. The molecule has 1 aromatic rings. The molecule has 0 spiro atoms. The van der Waals surface area contributed by atoms with Gasteiger partial charge in [-0.3, -0.25) is 4.99 Å². The van der Waals surface area contributed by atoms with Crippen LogP contribution in [0.5, 0.6) is 0 Å². The van der Waals surface area contributed by atoms with Gasteiger partial charge in [0.1, 0.15) is 5.76 Å². The van der Waals surface area contributed by atoms with E-state index in [1.165, 1.54) is 51.6 Å². The molecular formula is C22H38N4O2. The van der Waals surface area contributed by atoms with E-state index in [9.17, 15) is 0 Å². The molecule has 2 aliphatic rings. The van der Waals surface area contributed by atoms with E-state index in [-0.39, 0.29) is 0 Å². The maximum absolute atomic E-state index is 5.41. The summed E-state index contributed by atoms with van der Waals surface area (Å²) < 4.78 is 10.6. The highest BCUT2D eigenvalue weighted by Gasteiger charge is 2.28. The predicted octanol–water partition coefficient (Wildman–Crippen LogP) is 3.05. The van der Waals surface area contributed by atoms with E-state index < -0.39 is 0 Å². The second kappa shape index (κ2) is 11.5. The van der Waals surface area contributed by atoms with Crippen LogP contribution in [0, 0.1) is 5.92 Å². The van der Waals surface area contributed by atoms with Gasteiger partial charge in [-0.1, -0.05) is 6.92 Å². The smallest absolute Gasteiger partial charge is 0.191 e. The van der Waals surface area contributed by atoms with Gasteiger partial charge in [0.2, 0.25) is 0 Å². The van der Waals surface area contributed by atoms with Crippen molar-refractivity contribution >= 4 is 5.96 Å². The monoisotopic (exact) mass is 390 g/mol. The third-order valence-corrected chi connectivity index (χ3v) is 6.18. The number of furan rings is 1. The normalized spacial score (nSPS) is 25.0. The molecule has 6 nitrogen and oxygen atoms in total. The summed E-state index contributed by atoms with van der Waals surface area (Å²) in [4.78, 5) is 7.41. The standard InChI is InChI=1S/C22H38N4O2/c1-18-10-14-26(15-11-18)20-7-5-19(6-8-20)25-22(24-13-17-27-2)23-12-9-21-4-3-16-28-21/h3-4,16,18-20H,5-15,17H2,1-2H3,(H2,23,24,25). The Morgan fingerprint density at radius 3 is 2.68 bits per heavy atom. The van der Waals surface area contributed by atoms with Crippen LogP contribution in [0.15, 0.2) is 27.8 Å². The molecule has 0 amide bonds. The molecule has 2 heterocycles. The van der Waals surface area contributed by atoms with E-state index in [2.05, 4.69) is 27.4 Å². The third-order valence-electron chi connectivity index (χ3n) is 6.18. The number of piperidine rings is 1. The van der Waals surface area contributed by atoms with Crippen LogP contribution >= 0.6 is 0 Å². The molecular weight excluding hydrogens is 352 g/mol. The summed E-state index contributed by atoms with van der Waals surface area (Å²) in [5, 5.41) is 7.12. The van der Waals surface area contributed by atoms with Gasteiger partial charge < -0.3 is 24.7 Å². The van der Waals surface area contributed by atoms with Crippen molar-refractivity contribution in [3.63, 3.8) is 0 Å². The number of nitrogens with one attached hydrogen (secondary N) is 2. The van der Waals surface area contributed by atoms with Crippen LogP contribution in [0.25, 0.3) is 0 Å². The Bertz CT molecular complexity index is 559. The topological polar surface area (TPSA) is 62.0 Å². The van der Waals surface area contributed by atoms with Crippen molar-refractivity contribution in [1.29, 1.82) is 0 Å². The molecule has 158 valence electrons. The summed E-state index contributed by atoms with van der Waals surface area (Å²) in [6.07, 6.45) is 10.4. The van der Waals surface area contributed by atoms with Gasteiger partial charge in [0.25, 0.3) is 0 Å². The highest BCUT2D eigenvalue weighted by molar-refractivity contribution is 5.80. The van der Waals surface area contributed by atoms with E-state index in [0.717, 1.165) is 36.6 Å². The Morgan fingerprint density at radius 2 is 2.00 bits per heavy atom. The first-order chi connectivity index (χ1) is 13.7. The molecule has 28 heavy (non-hydrogen) atoms. The molecule has 1 aliphatic carbocycles. The Morgan fingerprint density at radius 1 is 1.21 bits per heavy atom. The Kier molecular flexibility index (Phi) is 8.68. The molecule has 2 N–H and O–H groups in total. The van der Waals surface area contributed by atoms with E-state index in [4.69, 9.17) is 9.15 Å². The minimum absolute atomic E-state index is 0.511. The van der Waals surface area contributed by atoms with Crippen LogP contribution in [0.4, 0.5) is 0 Å². The molecule has 2 fully saturated rings. The van der Waals surface area contributed by atoms with Gasteiger partial charge in [0.15, 0.2) is 5.96 Å². The van der Waals surface area contributed by atoms with Crippen LogP contribution in [0.2, 0.25) is 0 Å². The number of nitrogens with zero attached hydrogens (tertiary/aromatic N) is 2. The Labute approximate surface area is 170 Å². The molecule has 6 heteroatoms. The fourth-order valence-corrected chi connectivity index (χ4v) is 4.33. The van der Waals surface area contributed by atoms with Gasteiger partial charge in [0.05, 0.1) is 19.4 Å². The van der Waals surface area contributed by atoms with Crippen LogP contribution < -0.4 is 10.6 Å². The summed E-state index contributed by atoms with van der Waals surface area (Å²) in [5.74, 6) is 2.81. The molecule has 1 aromatic heterocycles. The number of likely N-dealkylation sites (tertiary alicyclic amines) is 1. The number of hydrogen-bond donors (Lipinski definition) is 2. The largest absolute Gasteiger partial charge is 0.469 e. The molecule has 0 bridgehead atoms. The van der Waals surface area contributed by atoms with Gasteiger partial charge in [-0.15, -0.1) is 0 Å². The van der Waals surface area contributed by atoms with E-state index in [0.29, 0.717) is 19.2 Å². The number of aliphatic imine (C=N–C) groups is 1. The summed E-state index contributed by atoms with van der Waals surface area (Å²) in [6, 6.07) is 5.24. The van der Waals surface area contributed by atoms with Crippen molar-refractivity contribution in [2.45, 2.75) is 64.0 Å². The van der Waals surface area contributed by atoms with Gasteiger partial charge in [-0.05, 0) is 69.7 Å². The zero-order valence-corrected chi connectivity index (χ0v) is 17.7. The highest BCUT2D eigenvalue weighted by atomic mass is 16.5. The zero-order chi connectivity index (χ0) is 19.6. The summed E-state index contributed by atoms with van der Waals surface area (Å²) >= 11 is 0. The number of hydrogen-bond acceptors (Lipinski definition) is 4. The van der Waals surface area contributed by atoms with Crippen LogP contribution in [-0.4, -0.2) is 62.8 Å². The first-order valence-electron chi connectivity index (χ1n) is 11.0. The van der Waals surface area contributed by atoms with E-state index in [1.54, 1.807) is 13.4 Å². The van der Waals surface area contributed by atoms with Gasteiger partial charge in [0, 0.05) is 32.2 Å². The lowest BCUT2D eigenvalue weighted by Crippen LogP contribution is -2.49. The van der Waals surface area contributed by atoms with Gasteiger partial charge >= 0.3 is 0 Å². The minimum Gasteiger partial charge on any atom is -0.469 e. The number of methoxy groups -OCH3 is 1. The van der Waals surface area contributed by atoms with E-state index in [1.807, 2.05) is 12.1 Å². The molecule has 0 aromatic carbocycles. The maximum Gasteiger partial charge on any atom is 0.191 e. The second-order valence-corrected chi connectivity index (χ2v) is 8.35. The Balaban J connectivity index is 1.42. The lowest BCUT2D eigenvalue weighted by atomic mass is 9.88. The van der Waals surface area contributed by atoms with Crippen molar-refractivity contribution in [1.82, 2.24) is 15.5 Å². The lowest BCUT2D eigenvalue weighted by Gasteiger charge is -2.40. The SMILES string of the molecule is COCCN=C(NCCc1ccco1)NC1CCC(N2CCC(C)CC2)CC1. The zero-order valence-electron chi connectivity index (χ0n) is 17.7. The molecule has 1 saturated carbocycles. The fraction of sp³-hybridized carbons (Fsp3) is 0.773. The molecule has 1 saturated heterocycles. The van der Waals surface area contributed by atoms with Crippen LogP contribution in [0.1, 0.15) is 51.2 Å². The molecule has 3 rings (SSSR count). The lowest BCUT2D eigenvalue weighted by molar-refractivity contribution is 0.105. The molecule has 0 radical (unpaired) electrons. The fourth-order valence-electron chi connectivity index (χ4n) is 4.33. The highest BCUT2D eigenvalue weighted by Crippen LogP contribution is 2.27. The van der Waals surface area contributed by atoms with Gasteiger partial charge in [-0.25, -0.2) is 0 Å². The number of ether oxygens (including phenoxy) is 1. The van der Waals surface area contributed by atoms with Crippen molar-refractivity contribution in [3.8, 4) is 0 Å². The van der Waals surface area contributed by atoms with E-state index >= 15 is 0 Å². The maximum atomic E-state index is 5.41. The van der Waals surface area contributed by atoms with Crippen molar-refractivity contribution in [2.24, 2.45) is 10.9 Å². The minimum atomic E-state index is 0.511. The summed E-state index contributed by atoms with van der Waals surface area (Å²) in [7, 11) is 1.72. The van der Waals surface area contributed by atoms with Crippen molar-refractivity contribution < 1.29 is 9.15 Å². The first kappa shape index (κ1) is 21.2. The molecule has 0 unspecified atom stereocenters. The van der Waals surface area contributed by atoms with Crippen molar-refractivity contribution in [2.75, 3.05) is 39.9 Å². The predicted molar refractivity (Wildman–Crippen MR) is 114 cm³/mol. The average molecular weight is 391 g/mol.